The molecule has 1 unspecified atom stereocenters. The van der Waals surface area contributed by atoms with E-state index in [0.717, 1.165) is 52.0 Å². The van der Waals surface area contributed by atoms with Gasteiger partial charge in [-0.05, 0) is 67.9 Å². The highest BCUT2D eigenvalue weighted by molar-refractivity contribution is 5.94. The van der Waals surface area contributed by atoms with E-state index in [-0.39, 0.29) is 0 Å². The first kappa shape index (κ1) is 20.2. The van der Waals surface area contributed by atoms with E-state index in [0.29, 0.717) is 11.9 Å². The zero-order valence-corrected chi connectivity index (χ0v) is 19.4. The van der Waals surface area contributed by atoms with Gasteiger partial charge in [-0.1, -0.05) is 24.3 Å². The first-order valence-electron chi connectivity index (χ1n) is 12.0. The quantitative estimate of drug-likeness (QED) is 0.351. The summed E-state index contributed by atoms with van der Waals surface area (Å²) in [6, 6.07) is 23.5. The summed E-state index contributed by atoms with van der Waals surface area (Å²) < 4.78 is 2.42. The average molecular weight is 460 g/mol. The molecule has 1 fully saturated rings. The molecule has 0 saturated carbocycles. The number of rotatable bonds is 4. The van der Waals surface area contributed by atoms with Crippen LogP contribution < -0.4 is 5.32 Å². The number of likely N-dealkylation sites (N-methyl/N-ethyl adjacent to an activating group) is 1. The average Bonchev–Trinajstić information content (AvgIpc) is 3.62. The lowest BCUT2D eigenvalue weighted by Crippen LogP contribution is -2.15. The molecule has 7 rings (SSSR count). The second-order valence-electron chi connectivity index (χ2n) is 9.41. The summed E-state index contributed by atoms with van der Waals surface area (Å²) in [5.74, 6) is 1.51. The molecule has 3 aromatic heterocycles. The van der Waals surface area contributed by atoms with Crippen molar-refractivity contribution in [1.29, 1.82) is 0 Å². The highest BCUT2D eigenvalue weighted by Gasteiger charge is 2.22. The topological polar surface area (TPSA) is 74.7 Å². The van der Waals surface area contributed by atoms with Gasteiger partial charge in [0.2, 0.25) is 0 Å². The van der Waals surface area contributed by atoms with E-state index in [9.17, 15) is 0 Å². The van der Waals surface area contributed by atoms with Crippen LogP contribution in [0.4, 0.5) is 11.5 Å². The Balaban J connectivity index is 1.33. The lowest BCUT2D eigenvalue weighted by molar-refractivity contribution is 0.395. The van der Waals surface area contributed by atoms with E-state index in [4.69, 9.17) is 9.97 Å². The normalized spacial score (nSPS) is 16.5. The fourth-order valence-electron chi connectivity index (χ4n) is 5.20. The van der Waals surface area contributed by atoms with E-state index in [1.165, 1.54) is 17.3 Å². The van der Waals surface area contributed by atoms with Crippen LogP contribution in [0.3, 0.4) is 0 Å². The fraction of sp³-hybridized carbons (Fsp3) is 0.179. The number of anilines is 2. The summed E-state index contributed by atoms with van der Waals surface area (Å²) in [5, 5.41) is 13.9. The van der Waals surface area contributed by atoms with Gasteiger partial charge in [-0.3, -0.25) is 5.10 Å². The molecule has 0 spiro atoms. The lowest BCUT2D eigenvalue weighted by Gasteiger charge is -2.15. The predicted molar refractivity (Wildman–Crippen MR) is 141 cm³/mol. The third kappa shape index (κ3) is 3.52. The number of aromatic amines is 1. The lowest BCUT2D eigenvalue weighted by atomic mass is 10.1. The first-order chi connectivity index (χ1) is 17.2. The van der Waals surface area contributed by atoms with E-state index in [1.54, 1.807) is 0 Å². The highest BCUT2D eigenvalue weighted by atomic mass is 15.2. The van der Waals surface area contributed by atoms with Crippen molar-refractivity contribution in [2.24, 2.45) is 0 Å². The zero-order valence-electron chi connectivity index (χ0n) is 19.4. The maximum absolute atomic E-state index is 5.00. The summed E-state index contributed by atoms with van der Waals surface area (Å²) in [7, 11) is 2.19. The van der Waals surface area contributed by atoms with E-state index < -0.39 is 0 Å². The van der Waals surface area contributed by atoms with Crippen LogP contribution in [0.5, 0.6) is 0 Å². The monoisotopic (exact) mass is 459 g/mol. The Morgan fingerprint density at radius 1 is 0.971 bits per heavy atom. The van der Waals surface area contributed by atoms with Crippen LogP contribution in [0.25, 0.3) is 44.1 Å². The Morgan fingerprint density at radius 3 is 2.83 bits per heavy atom. The second kappa shape index (κ2) is 7.92. The Kier molecular flexibility index (Phi) is 4.57. The minimum Gasteiger partial charge on any atom is -0.343 e. The van der Waals surface area contributed by atoms with Crippen molar-refractivity contribution in [3.05, 3.63) is 79.1 Å². The maximum Gasteiger partial charge on any atom is 0.162 e. The van der Waals surface area contributed by atoms with Crippen molar-refractivity contribution in [3.8, 4) is 11.4 Å². The number of hydrogen-bond acceptors (Lipinski definition) is 5. The number of fused-ring (bicyclic) bond motifs is 3. The van der Waals surface area contributed by atoms with Crippen molar-refractivity contribution in [1.82, 2.24) is 29.6 Å². The summed E-state index contributed by atoms with van der Waals surface area (Å²) in [6.45, 7) is 2.22. The molecule has 0 bridgehead atoms. The summed E-state index contributed by atoms with van der Waals surface area (Å²) in [6.07, 6.45) is 5.22. The molecule has 1 aliphatic rings. The molecule has 7 heteroatoms. The van der Waals surface area contributed by atoms with Gasteiger partial charge in [-0.2, -0.15) is 5.10 Å². The molecule has 0 aliphatic carbocycles. The number of aromatic nitrogens is 5. The molecule has 2 N–H and O–H groups in total. The fourth-order valence-corrected chi connectivity index (χ4v) is 5.20. The SMILES string of the molecule is CN1CCC(n2ccc3ccc(-c4nc(Nc5ccc6[nH]ncc6c5)c5ccccc5n4)cc32)C1. The Hall–Kier alpha value is -4.23. The zero-order chi connectivity index (χ0) is 23.4. The van der Waals surface area contributed by atoms with Gasteiger partial charge in [-0.25, -0.2) is 9.97 Å². The number of nitrogens with one attached hydrogen (secondary N) is 2. The van der Waals surface area contributed by atoms with Gasteiger partial charge >= 0.3 is 0 Å². The number of benzene rings is 3. The van der Waals surface area contributed by atoms with E-state index in [1.807, 2.05) is 36.5 Å². The standard InChI is InChI=1S/C28H25N7/c1-34-12-11-22(17-34)35-13-10-18-6-7-19(15-26(18)35)27-31-25-5-3-2-4-23(25)28(32-27)30-21-8-9-24-20(14-21)16-29-33-24/h2-10,13-16,22H,11-12,17H2,1H3,(H,29,33)(H,30,31,32). The molecule has 7 nitrogen and oxygen atoms in total. The van der Waals surface area contributed by atoms with E-state index >= 15 is 0 Å². The number of likely N-dealkylation sites (tertiary alicyclic amines) is 1. The smallest absolute Gasteiger partial charge is 0.162 e. The molecule has 3 aromatic carbocycles. The molecule has 1 atom stereocenters. The van der Waals surface area contributed by atoms with Crippen molar-refractivity contribution in [2.45, 2.75) is 12.5 Å². The van der Waals surface area contributed by atoms with Crippen LogP contribution in [0.15, 0.2) is 79.1 Å². The number of H-pyrrole nitrogens is 1. The van der Waals surface area contributed by atoms with Gasteiger partial charge in [0.1, 0.15) is 5.82 Å². The molecular formula is C28H25N7. The third-order valence-electron chi connectivity index (χ3n) is 7.05. The van der Waals surface area contributed by atoms with Gasteiger partial charge < -0.3 is 14.8 Å². The minimum absolute atomic E-state index is 0.500. The van der Waals surface area contributed by atoms with Gasteiger partial charge in [0.15, 0.2) is 5.82 Å². The minimum atomic E-state index is 0.500. The number of nitrogens with zero attached hydrogens (tertiary/aromatic N) is 5. The Bertz CT molecular complexity index is 1700. The molecule has 6 aromatic rings. The Labute approximate surface area is 202 Å². The van der Waals surface area contributed by atoms with Crippen LogP contribution in [0, 0.1) is 0 Å². The van der Waals surface area contributed by atoms with Crippen molar-refractivity contribution in [3.63, 3.8) is 0 Å². The molecule has 1 aliphatic heterocycles. The molecule has 172 valence electrons. The van der Waals surface area contributed by atoms with Crippen LogP contribution in [-0.2, 0) is 0 Å². The summed E-state index contributed by atoms with van der Waals surface area (Å²) >= 11 is 0. The molecule has 35 heavy (non-hydrogen) atoms. The van der Waals surface area contributed by atoms with Crippen LogP contribution in [0.1, 0.15) is 12.5 Å². The first-order valence-corrected chi connectivity index (χ1v) is 12.0. The Morgan fingerprint density at radius 2 is 1.91 bits per heavy atom. The van der Waals surface area contributed by atoms with Crippen LogP contribution in [-0.4, -0.2) is 49.8 Å². The number of hydrogen-bond donors (Lipinski definition) is 2. The summed E-state index contributed by atoms with van der Waals surface area (Å²) in [4.78, 5) is 12.3. The highest BCUT2D eigenvalue weighted by Crippen LogP contribution is 2.32. The molecule has 0 amide bonds. The van der Waals surface area contributed by atoms with Gasteiger partial charge in [0, 0.05) is 46.3 Å². The van der Waals surface area contributed by atoms with Crippen LogP contribution >= 0.6 is 0 Å². The largest absolute Gasteiger partial charge is 0.343 e. The predicted octanol–water partition coefficient (Wildman–Crippen LogP) is 5.75. The van der Waals surface area contributed by atoms with Gasteiger partial charge in [0.05, 0.1) is 17.2 Å². The van der Waals surface area contributed by atoms with Gasteiger partial charge in [0.25, 0.3) is 0 Å². The van der Waals surface area contributed by atoms with Crippen molar-refractivity contribution in [2.75, 3.05) is 25.5 Å². The molecule has 1 saturated heterocycles. The summed E-state index contributed by atoms with van der Waals surface area (Å²) in [5.41, 5.74) is 5.14. The maximum atomic E-state index is 5.00. The second-order valence-corrected chi connectivity index (χ2v) is 9.41. The van der Waals surface area contributed by atoms with E-state index in [2.05, 4.69) is 74.6 Å². The molecule has 0 radical (unpaired) electrons. The molecule has 4 heterocycles. The third-order valence-corrected chi connectivity index (χ3v) is 7.05. The molecular weight excluding hydrogens is 434 g/mol. The number of para-hydroxylation sites is 1. The van der Waals surface area contributed by atoms with Crippen molar-refractivity contribution >= 4 is 44.2 Å². The van der Waals surface area contributed by atoms with Crippen molar-refractivity contribution < 1.29 is 0 Å². The van der Waals surface area contributed by atoms with Gasteiger partial charge in [-0.15, -0.1) is 0 Å². The van der Waals surface area contributed by atoms with Crippen LogP contribution in [0.2, 0.25) is 0 Å².